The molecule has 154 valence electrons. The molecule has 5 aromatic rings. The first kappa shape index (κ1) is 20.9. The lowest BCUT2D eigenvalue weighted by Crippen LogP contribution is -3.00. The lowest BCUT2D eigenvalue weighted by Gasteiger charge is -2.19. The second-order valence-corrected chi connectivity index (χ2v) is 9.09. The van der Waals surface area contributed by atoms with Crippen LogP contribution in [-0.2, 0) is 5.41 Å². The quantitative estimate of drug-likeness (QED) is 0.224. The van der Waals surface area contributed by atoms with E-state index in [2.05, 4.69) is 102 Å². The molecule has 0 radical (unpaired) electrons. The van der Waals surface area contributed by atoms with Crippen molar-refractivity contribution in [2.24, 2.45) is 0 Å². The first-order chi connectivity index (χ1) is 13.8. The summed E-state index contributed by atoms with van der Waals surface area (Å²) >= 11 is 0. The average Bonchev–Trinajstić information content (AvgIpc) is 3.05. The van der Waals surface area contributed by atoms with E-state index in [-0.39, 0.29) is 29.4 Å². The Morgan fingerprint density at radius 2 is 1.63 bits per heavy atom. The number of hydrogen-bond donors (Lipinski definition) is 1. The van der Waals surface area contributed by atoms with Gasteiger partial charge in [-0.1, -0.05) is 26.8 Å². The van der Waals surface area contributed by atoms with Crippen LogP contribution in [-0.4, -0.2) is 23.5 Å². The minimum absolute atomic E-state index is 0. The first-order valence-electron chi connectivity index (χ1n) is 10.1. The number of nitrogens with zero attached hydrogens (tertiary/aromatic N) is 3. The van der Waals surface area contributed by atoms with Crippen molar-refractivity contribution in [2.45, 2.75) is 26.2 Å². The summed E-state index contributed by atoms with van der Waals surface area (Å²) in [5, 5.41) is 4.44. The maximum atomic E-state index is 3.33. The summed E-state index contributed by atoms with van der Waals surface area (Å²) in [4.78, 5) is 0. The molecule has 0 amide bonds. The first-order valence-corrected chi connectivity index (χ1v) is 10.1. The molecule has 0 bridgehead atoms. The molecule has 0 aliphatic rings. The van der Waals surface area contributed by atoms with E-state index in [0.717, 1.165) is 5.69 Å². The van der Waals surface area contributed by atoms with Gasteiger partial charge in [0.1, 0.15) is 17.2 Å². The Balaban J connectivity index is 0.00000218. The van der Waals surface area contributed by atoms with Crippen LogP contribution >= 0.6 is 0 Å². The number of fused-ring (bicyclic) bond motifs is 7. The van der Waals surface area contributed by atoms with Gasteiger partial charge in [-0.2, -0.15) is 8.80 Å². The van der Waals surface area contributed by atoms with Crippen LogP contribution in [0.1, 0.15) is 26.3 Å². The molecule has 0 fully saturated rings. The number of hydrogen-bond acceptors (Lipinski definition) is 2. The van der Waals surface area contributed by atoms with Crippen LogP contribution in [0.3, 0.4) is 0 Å². The average molecular weight is 510 g/mol. The van der Waals surface area contributed by atoms with E-state index in [1.165, 1.54) is 38.5 Å². The highest BCUT2D eigenvalue weighted by Gasteiger charge is 2.19. The summed E-state index contributed by atoms with van der Waals surface area (Å²) < 4.78 is 4.65. The molecule has 5 rings (SSSR count). The standard InChI is InChI=1S/C25H27N4.HI/c1-25(2,3)19-8-11-23-17(14-19)6-10-21-16-28-22-12-9-20(26-27(4)5)15-18(22)7-13-24(28)29(21)23;/h6-16,26H,1-5H3;1H/q+1;/p-1. The highest BCUT2D eigenvalue weighted by molar-refractivity contribution is 5.87. The molecular weight excluding hydrogens is 483 g/mol. The topological polar surface area (TPSA) is 23.8 Å². The van der Waals surface area contributed by atoms with E-state index in [0.29, 0.717) is 0 Å². The summed E-state index contributed by atoms with van der Waals surface area (Å²) in [6.45, 7) is 6.79. The van der Waals surface area contributed by atoms with Gasteiger partial charge in [0.2, 0.25) is 0 Å². The molecule has 3 aromatic heterocycles. The lowest BCUT2D eigenvalue weighted by molar-refractivity contribution is -0.479. The van der Waals surface area contributed by atoms with Crippen LogP contribution in [0.15, 0.2) is 66.9 Å². The highest BCUT2D eigenvalue weighted by Crippen LogP contribution is 2.28. The van der Waals surface area contributed by atoms with Crippen LogP contribution in [0.2, 0.25) is 0 Å². The van der Waals surface area contributed by atoms with Gasteiger partial charge in [-0.05, 0) is 59.5 Å². The summed E-state index contributed by atoms with van der Waals surface area (Å²) in [5.74, 6) is 0. The zero-order chi connectivity index (χ0) is 20.3. The van der Waals surface area contributed by atoms with Crippen LogP contribution < -0.4 is 33.8 Å². The van der Waals surface area contributed by atoms with Crippen molar-refractivity contribution >= 4 is 38.7 Å². The van der Waals surface area contributed by atoms with Gasteiger partial charge in [-0.3, -0.25) is 0 Å². The molecule has 4 nitrogen and oxygen atoms in total. The molecule has 5 heteroatoms. The van der Waals surface area contributed by atoms with Gasteiger partial charge in [0.15, 0.2) is 5.52 Å². The lowest BCUT2D eigenvalue weighted by atomic mass is 9.86. The van der Waals surface area contributed by atoms with Gasteiger partial charge in [0, 0.05) is 36.6 Å². The zero-order valence-corrected chi connectivity index (χ0v) is 20.2. The third-order valence-electron chi connectivity index (χ3n) is 5.62. The Hall–Kier alpha value is -2.38. The Kier molecular flexibility index (Phi) is 5.14. The molecule has 3 heterocycles. The van der Waals surface area contributed by atoms with Crippen LogP contribution in [0, 0.1) is 0 Å². The van der Waals surface area contributed by atoms with Crippen molar-refractivity contribution in [3.05, 3.63) is 72.4 Å². The van der Waals surface area contributed by atoms with Gasteiger partial charge in [-0.25, -0.2) is 5.01 Å². The molecule has 2 aromatic carbocycles. The number of anilines is 1. The number of halogens is 1. The minimum Gasteiger partial charge on any atom is -1.00 e. The largest absolute Gasteiger partial charge is 1.00 e. The van der Waals surface area contributed by atoms with Crippen molar-refractivity contribution in [3.8, 4) is 0 Å². The Labute approximate surface area is 194 Å². The molecule has 0 saturated carbocycles. The normalized spacial score (nSPS) is 12.2. The predicted octanol–water partition coefficient (Wildman–Crippen LogP) is 2.17. The van der Waals surface area contributed by atoms with Gasteiger partial charge in [0.25, 0.3) is 5.65 Å². The molecule has 0 saturated heterocycles. The van der Waals surface area contributed by atoms with Crippen molar-refractivity contribution in [2.75, 3.05) is 19.5 Å². The molecule has 0 aliphatic heterocycles. The number of imidazole rings is 1. The van der Waals surface area contributed by atoms with E-state index >= 15 is 0 Å². The molecule has 0 atom stereocenters. The fourth-order valence-corrected chi connectivity index (χ4v) is 4.16. The van der Waals surface area contributed by atoms with Crippen LogP contribution in [0.5, 0.6) is 0 Å². The molecular formula is C25H27IN4. The van der Waals surface area contributed by atoms with E-state index < -0.39 is 0 Å². The molecule has 0 spiro atoms. The second-order valence-electron chi connectivity index (χ2n) is 9.09. The van der Waals surface area contributed by atoms with Crippen molar-refractivity contribution in [3.63, 3.8) is 0 Å². The predicted molar refractivity (Wildman–Crippen MR) is 122 cm³/mol. The Morgan fingerprint density at radius 1 is 0.867 bits per heavy atom. The molecule has 1 N–H and O–H groups in total. The summed E-state index contributed by atoms with van der Waals surface area (Å²) in [5.41, 5.74) is 10.7. The van der Waals surface area contributed by atoms with Crippen LogP contribution in [0.25, 0.3) is 33.0 Å². The third kappa shape index (κ3) is 3.40. The van der Waals surface area contributed by atoms with Gasteiger partial charge >= 0.3 is 0 Å². The number of pyridine rings is 2. The maximum absolute atomic E-state index is 3.33. The monoisotopic (exact) mass is 510 g/mol. The maximum Gasteiger partial charge on any atom is 0.292 e. The molecule has 0 unspecified atom stereocenters. The fraction of sp³-hybridized carbons (Fsp3) is 0.240. The summed E-state index contributed by atoms with van der Waals surface area (Å²) in [6, 6.07) is 22.2. The minimum atomic E-state index is 0. The summed E-state index contributed by atoms with van der Waals surface area (Å²) in [7, 11) is 4.00. The fourth-order valence-electron chi connectivity index (χ4n) is 4.16. The Bertz CT molecular complexity index is 1390. The van der Waals surface area contributed by atoms with Crippen molar-refractivity contribution in [1.29, 1.82) is 0 Å². The molecule has 0 aliphatic carbocycles. The van der Waals surface area contributed by atoms with Gasteiger partial charge < -0.3 is 29.4 Å². The number of benzene rings is 2. The third-order valence-corrected chi connectivity index (χ3v) is 5.62. The van der Waals surface area contributed by atoms with Gasteiger partial charge in [-0.15, -0.1) is 0 Å². The van der Waals surface area contributed by atoms with E-state index in [1.54, 1.807) is 0 Å². The zero-order valence-electron chi connectivity index (χ0n) is 18.1. The van der Waals surface area contributed by atoms with E-state index in [4.69, 9.17) is 0 Å². The summed E-state index contributed by atoms with van der Waals surface area (Å²) in [6.07, 6.45) is 2.23. The number of aromatic nitrogens is 2. The SMILES string of the molecule is CN(C)Nc1ccc2c(ccc3n4c(ccc5cc(C(C)(C)C)ccc54)c[n+]23)c1.[I-]. The van der Waals surface area contributed by atoms with Crippen molar-refractivity contribution < 1.29 is 28.4 Å². The number of hydrazine groups is 1. The van der Waals surface area contributed by atoms with E-state index in [1.807, 2.05) is 19.1 Å². The number of nitrogens with one attached hydrogen (secondary N) is 1. The second kappa shape index (κ2) is 7.39. The van der Waals surface area contributed by atoms with Crippen LogP contribution in [0.4, 0.5) is 5.69 Å². The smallest absolute Gasteiger partial charge is 0.292 e. The number of rotatable bonds is 2. The Morgan fingerprint density at radius 3 is 2.37 bits per heavy atom. The van der Waals surface area contributed by atoms with E-state index in [9.17, 15) is 0 Å². The van der Waals surface area contributed by atoms with Gasteiger partial charge in [0.05, 0.1) is 0 Å². The highest BCUT2D eigenvalue weighted by atomic mass is 127. The molecule has 30 heavy (non-hydrogen) atoms. The van der Waals surface area contributed by atoms with Crippen molar-refractivity contribution in [1.82, 2.24) is 9.41 Å².